The van der Waals surface area contributed by atoms with E-state index in [1.165, 1.54) is 25.7 Å². The maximum atomic E-state index is 5.68. The second kappa shape index (κ2) is 8.73. The normalized spacial score (nSPS) is 14.5. The molecule has 28 heavy (non-hydrogen) atoms. The lowest BCUT2D eigenvalue weighted by atomic mass is 10.2. The molecule has 1 aromatic carbocycles. The highest BCUT2D eigenvalue weighted by Gasteiger charge is 2.13. The Morgan fingerprint density at radius 2 is 1.71 bits per heavy atom. The van der Waals surface area contributed by atoms with Gasteiger partial charge in [-0.25, -0.2) is 4.98 Å². The molecule has 7 heteroatoms. The third-order valence-corrected chi connectivity index (χ3v) is 4.83. The summed E-state index contributed by atoms with van der Waals surface area (Å²) < 4.78 is 16.1. The lowest BCUT2D eigenvalue weighted by molar-refractivity contribution is 0.242. The first-order valence-electron chi connectivity index (χ1n) is 9.62. The minimum atomic E-state index is 0.207. The quantitative estimate of drug-likeness (QED) is 0.637. The number of aromatic nitrogens is 3. The molecule has 7 nitrogen and oxygen atoms in total. The molecular weight excluding hydrogens is 356 g/mol. The Hall–Kier alpha value is -3.09. The molecule has 0 radical (unpaired) electrons. The largest absolute Gasteiger partial charge is 0.497 e. The number of hydrogen-bond acceptors (Lipinski definition) is 7. The van der Waals surface area contributed by atoms with E-state index >= 15 is 0 Å². The minimum absolute atomic E-state index is 0.207. The van der Waals surface area contributed by atoms with Gasteiger partial charge in [0, 0.05) is 24.8 Å². The van der Waals surface area contributed by atoms with Crippen LogP contribution in [0.2, 0.25) is 0 Å². The summed E-state index contributed by atoms with van der Waals surface area (Å²) in [6.45, 7) is 2.35. The van der Waals surface area contributed by atoms with Crippen LogP contribution < -0.4 is 14.4 Å². The molecule has 2 aromatic heterocycles. The van der Waals surface area contributed by atoms with E-state index in [-0.39, 0.29) is 6.61 Å². The van der Waals surface area contributed by atoms with Gasteiger partial charge < -0.3 is 18.9 Å². The van der Waals surface area contributed by atoms with E-state index in [4.69, 9.17) is 14.0 Å². The molecular formula is C21H24N4O3. The number of hydrogen-bond donors (Lipinski definition) is 0. The molecule has 0 bridgehead atoms. The Bertz CT molecular complexity index is 869. The SMILES string of the molecule is COc1ccc(OCc2nc(-c3ccc(N4CCCCCC4)nc3)no2)cc1. The molecule has 0 amide bonds. The van der Waals surface area contributed by atoms with Crippen molar-refractivity contribution in [3.63, 3.8) is 0 Å². The summed E-state index contributed by atoms with van der Waals surface area (Å²) in [5, 5.41) is 4.04. The van der Waals surface area contributed by atoms with Crippen molar-refractivity contribution in [1.29, 1.82) is 0 Å². The number of methoxy groups -OCH3 is 1. The lowest BCUT2D eigenvalue weighted by Gasteiger charge is -2.21. The zero-order chi connectivity index (χ0) is 19.2. The zero-order valence-electron chi connectivity index (χ0n) is 16.0. The number of ether oxygens (including phenoxy) is 2. The lowest BCUT2D eigenvalue weighted by Crippen LogP contribution is -2.24. The summed E-state index contributed by atoms with van der Waals surface area (Å²) in [6.07, 6.45) is 6.87. The fourth-order valence-electron chi connectivity index (χ4n) is 3.25. The number of rotatable bonds is 6. The average Bonchev–Trinajstić information content (AvgIpc) is 3.06. The van der Waals surface area contributed by atoms with Gasteiger partial charge in [-0.1, -0.05) is 18.0 Å². The summed E-state index contributed by atoms with van der Waals surface area (Å²) in [6, 6.07) is 11.4. The molecule has 3 heterocycles. The maximum absolute atomic E-state index is 5.68. The third kappa shape index (κ3) is 4.42. The second-order valence-electron chi connectivity index (χ2n) is 6.78. The first-order chi connectivity index (χ1) is 13.8. The smallest absolute Gasteiger partial charge is 0.264 e. The van der Waals surface area contributed by atoms with Crippen molar-refractivity contribution < 1.29 is 14.0 Å². The highest BCUT2D eigenvalue weighted by Crippen LogP contribution is 2.22. The Morgan fingerprint density at radius 1 is 0.964 bits per heavy atom. The van der Waals surface area contributed by atoms with Crippen LogP contribution in [0.3, 0.4) is 0 Å². The van der Waals surface area contributed by atoms with Crippen molar-refractivity contribution >= 4 is 5.82 Å². The Labute approximate surface area is 164 Å². The van der Waals surface area contributed by atoms with E-state index in [1.807, 2.05) is 36.4 Å². The Balaban J connectivity index is 1.37. The topological polar surface area (TPSA) is 73.5 Å². The van der Waals surface area contributed by atoms with E-state index in [1.54, 1.807) is 13.3 Å². The van der Waals surface area contributed by atoms with Crippen molar-refractivity contribution in [3.8, 4) is 22.9 Å². The van der Waals surface area contributed by atoms with Crippen molar-refractivity contribution in [2.45, 2.75) is 32.3 Å². The van der Waals surface area contributed by atoms with Crippen LogP contribution in [0.25, 0.3) is 11.4 Å². The molecule has 3 aromatic rings. The van der Waals surface area contributed by atoms with Crippen LogP contribution in [-0.4, -0.2) is 35.3 Å². The highest BCUT2D eigenvalue weighted by atomic mass is 16.5. The molecule has 0 N–H and O–H groups in total. The molecule has 1 aliphatic heterocycles. The average molecular weight is 380 g/mol. The van der Waals surface area contributed by atoms with Crippen LogP contribution in [0.1, 0.15) is 31.6 Å². The first kappa shape index (κ1) is 18.3. The molecule has 1 aliphatic rings. The van der Waals surface area contributed by atoms with E-state index in [2.05, 4.69) is 20.0 Å². The monoisotopic (exact) mass is 380 g/mol. The molecule has 0 unspecified atom stereocenters. The molecule has 0 spiro atoms. The number of nitrogens with zero attached hydrogens (tertiary/aromatic N) is 4. The van der Waals surface area contributed by atoms with Gasteiger partial charge in [-0.05, 0) is 49.2 Å². The van der Waals surface area contributed by atoms with Gasteiger partial charge in [0.05, 0.1) is 7.11 Å². The van der Waals surface area contributed by atoms with Crippen molar-refractivity contribution in [2.75, 3.05) is 25.1 Å². The van der Waals surface area contributed by atoms with Gasteiger partial charge in [0.2, 0.25) is 5.82 Å². The highest BCUT2D eigenvalue weighted by molar-refractivity contribution is 5.55. The minimum Gasteiger partial charge on any atom is -0.497 e. The predicted molar refractivity (Wildman–Crippen MR) is 106 cm³/mol. The van der Waals surface area contributed by atoms with Crippen LogP contribution in [-0.2, 0) is 6.61 Å². The van der Waals surface area contributed by atoms with Crippen LogP contribution in [0.5, 0.6) is 11.5 Å². The van der Waals surface area contributed by atoms with Gasteiger partial charge in [0.25, 0.3) is 5.89 Å². The molecule has 0 saturated carbocycles. The molecule has 146 valence electrons. The summed E-state index contributed by atoms with van der Waals surface area (Å²) >= 11 is 0. The Kier molecular flexibility index (Phi) is 5.70. The van der Waals surface area contributed by atoms with Gasteiger partial charge in [0.1, 0.15) is 17.3 Å². The van der Waals surface area contributed by atoms with Crippen molar-refractivity contribution in [3.05, 3.63) is 48.5 Å². The van der Waals surface area contributed by atoms with Crippen LogP contribution >= 0.6 is 0 Å². The number of benzene rings is 1. The summed E-state index contributed by atoms with van der Waals surface area (Å²) in [7, 11) is 1.63. The van der Waals surface area contributed by atoms with E-state index < -0.39 is 0 Å². The summed E-state index contributed by atoms with van der Waals surface area (Å²) in [5.74, 6) is 3.44. The molecule has 0 aliphatic carbocycles. The van der Waals surface area contributed by atoms with Crippen LogP contribution in [0.15, 0.2) is 47.1 Å². The van der Waals surface area contributed by atoms with E-state index in [9.17, 15) is 0 Å². The fourth-order valence-corrected chi connectivity index (χ4v) is 3.25. The van der Waals surface area contributed by atoms with Gasteiger partial charge in [-0.3, -0.25) is 0 Å². The van der Waals surface area contributed by atoms with Crippen molar-refractivity contribution in [1.82, 2.24) is 15.1 Å². The molecule has 4 rings (SSSR count). The molecule has 1 fully saturated rings. The third-order valence-electron chi connectivity index (χ3n) is 4.83. The fraction of sp³-hybridized carbons (Fsp3) is 0.381. The van der Waals surface area contributed by atoms with Gasteiger partial charge >= 0.3 is 0 Å². The zero-order valence-corrected chi connectivity index (χ0v) is 16.0. The summed E-state index contributed by atoms with van der Waals surface area (Å²) in [5.41, 5.74) is 0.831. The van der Waals surface area contributed by atoms with Gasteiger partial charge in [-0.2, -0.15) is 4.98 Å². The predicted octanol–water partition coefficient (Wildman–Crippen LogP) is 4.10. The maximum Gasteiger partial charge on any atom is 0.264 e. The van der Waals surface area contributed by atoms with Gasteiger partial charge in [0.15, 0.2) is 6.61 Å². The van der Waals surface area contributed by atoms with E-state index in [0.717, 1.165) is 30.2 Å². The van der Waals surface area contributed by atoms with Crippen molar-refractivity contribution in [2.24, 2.45) is 0 Å². The van der Waals surface area contributed by atoms with Crippen LogP contribution in [0.4, 0.5) is 5.82 Å². The van der Waals surface area contributed by atoms with Gasteiger partial charge in [-0.15, -0.1) is 0 Å². The molecule has 1 saturated heterocycles. The summed E-state index contributed by atoms with van der Waals surface area (Å²) in [4.78, 5) is 11.4. The molecule has 0 atom stereocenters. The number of pyridine rings is 1. The standard InChI is InChI=1S/C21H24N4O3/c1-26-17-7-9-18(10-8-17)27-15-20-23-21(24-28-20)16-6-11-19(22-14-16)25-12-4-2-3-5-13-25/h6-11,14H,2-5,12-13,15H2,1H3. The van der Waals surface area contributed by atoms with Crippen LogP contribution in [0, 0.1) is 0 Å². The van der Waals surface area contributed by atoms with E-state index in [0.29, 0.717) is 17.5 Å². The second-order valence-corrected chi connectivity index (χ2v) is 6.78. The Morgan fingerprint density at radius 3 is 2.39 bits per heavy atom. The first-order valence-corrected chi connectivity index (χ1v) is 9.62. The number of anilines is 1.